The molecule has 0 spiro atoms. The van der Waals surface area contributed by atoms with E-state index in [2.05, 4.69) is 10.6 Å². The van der Waals surface area contributed by atoms with Crippen LogP contribution in [0.3, 0.4) is 0 Å². The van der Waals surface area contributed by atoms with Crippen molar-refractivity contribution in [1.29, 1.82) is 0 Å². The lowest BCUT2D eigenvalue weighted by Gasteiger charge is -2.14. The van der Waals surface area contributed by atoms with Crippen molar-refractivity contribution in [2.24, 2.45) is 0 Å². The second kappa shape index (κ2) is 10.1. The minimum Gasteiger partial charge on any atom is -0.493 e. The monoisotopic (exact) mass is 448 g/mol. The molecule has 2 aromatic rings. The van der Waals surface area contributed by atoms with E-state index >= 15 is 0 Å². The highest BCUT2D eigenvalue weighted by Gasteiger charge is 2.30. The van der Waals surface area contributed by atoms with Crippen LogP contribution in [0.2, 0.25) is 0 Å². The zero-order valence-corrected chi connectivity index (χ0v) is 18.4. The van der Waals surface area contributed by atoms with E-state index in [1.165, 1.54) is 52.3 Å². The van der Waals surface area contributed by atoms with Gasteiger partial charge in [-0.15, -0.1) is 0 Å². The van der Waals surface area contributed by atoms with Crippen LogP contribution in [0.5, 0.6) is 11.5 Å². The number of Topliss-reactive ketones (excluding diaryl/α,β-unsaturated/α-hetero) is 1. The minimum absolute atomic E-state index is 0.191. The second-order valence-electron chi connectivity index (χ2n) is 6.69. The quantitative estimate of drug-likeness (QED) is 0.563. The number of ether oxygens (including phenoxy) is 2. The summed E-state index contributed by atoms with van der Waals surface area (Å²) in [6.07, 6.45) is 0. The number of sulfone groups is 1. The van der Waals surface area contributed by atoms with Crippen molar-refractivity contribution < 1.29 is 32.3 Å². The van der Waals surface area contributed by atoms with Gasteiger partial charge in [0.2, 0.25) is 11.8 Å². The van der Waals surface area contributed by atoms with E-state index in [1.807, 2.05) is 0 Å². The van der Waals surface area contributed by atoms with Gasteiger partial charge in [0.15, 0.2) is 27.1 Å². The van der Waals surface area contributed by atoms with E-state index in [0.717, 1.165) is 0 Å². The van der Waals surface area contributed by atoms with Gasteiger partial charge in [-0.2, -0.15) is 0 Å². The van der Waals surface area contributed by atoms with Gasteiger partial charge < -0.3 is 20.1 Å². The summed E-state index contributed by atoms with van der Waals surface area (Å²) >= 11 is 0. The first-order valence-electron chi connectivity index (χ1n) is 9.22. The summed E-state index contributed by atoms with van der Waals surface area (Å²) < 4.78 is 35.3. The Hall–Kier alpha value is -3.40. The Morgan fingerprint density at radius 1 is 0.935 bits per heavy atom. The van der Waals surface area contributed by atoms with Crippen LogP contribution in [-0.2, 0) is 19.4 Å². The molecule has 2 rings (SSSR count). The lowest BCUT2D eigenvalue weighted by Crippen LogP contribution is -2.37. The number of carbonyl (C=O) groups is 3. The van der Waals surface area contributed by atoms with Gasteiger partial charge in [-0.1, -0.05) is 12.1 Å². The van der Waals surface area contributed by atoms with E-state index in [4.69, 9.17) is 9.47 Å². The largest absolute Gasteiger partial charge is 0.493 e. The number of anilines is 2. The molecule has 0 saturated carbocycles. The van der Waals surface area contributed by atoms with E-state index < -0.39 is 32.7 Å². The molecule has 1 unspecified atom stereocenters. The molecule has 2 N–H and O–H groups in total. The number of amides is 2. The summed E-state index contributed by atoms with van der Waals surface area (Å²) in [5, 5.41) is 3.44. The van der Waals surface area contributed by atoms with Crippen molar-refractivity contribution in [3.05, 3.63) is 48.0 Å². The Balaban J connectivity index is 2.05. The Kier molecular flexibility index (Phi) is 7.76. The highest BCUT2D eigenvalue weighted by molar-refractivity contribution is 7.93. The second-order valence-corrected chi connectivity index (χ2v) is 9.02. The third-order valence-electron chi connectivity index (χ3n) is 4.44. The Morgan fingerprint density at radius 2 is 1.58 bits per heavy atom. The number of rotatable bonds is 9. The molecular weight excluding hydrogens is 424 g/mol. The van der Waals surface area contributed by atoms with Crippen LogP contribution in [0.4, 0.5) is 11.4 Å². The maximum atomic E-state index is 12.5. The molecule has 0 bridgehead atoms. The van der Waals surface area contributed by atoms with Crippen molar-refractivity contribution in [3.8, 4) is 11.5 Å². The summed E-state index contributed by atoms with van der Waals surface area (Å²) in [6, 6.07) is 10.7. The van der Waals surface area contributed by atoms with Crippen LogP contribution >= 0.6 is 0 Å². The Labute approximate surface area is 180 Å². The molecule has 166 valence electrons. The fraction of sp³-hybridized carbons (Fsp3) is 0.286. The van der Waals surface area contributed by atoms with Crippen LogP contribution in [0.25, 0.3) is 0 Å². The predicted molar refractivity (Wildman–Crippen MR) is 117 cm³/mol. The number of benzene rings is 2. The molecule has 2 aromatic carbocycles. The number of ketones is 1. The van der Waals surface area contributed by atoms with Gasteiger partial charge in [-0.3, -0.25) is 14.4 Å². The number of nitrogens with one attached hydrogen (secondary N) is 2. The highest BCUT2D eigenvalue weighted by atomic mass is 32.2. The van der Waals surface area contributed by atoms with Gasteiger partial charge in [-0.05, 0) is 38.1 Å². The zero-order valence-electron chi connectivity index (χ0n) is 17.6. The van der Waals surface area contributed by atoms with Crippen LogP contribution in [0, 0.1) is 0 Å². The fourth-order valence-corrected chi connectivity index (χ4v) is 3.71. The standard InChI is InChI=1S/C21H24N2O7S/c1-13(24)15-6-5-7-16(10-15)23-21(26)14(2)31(27,28)12-20(25)22-17-8-9-18(29-3)19(11-17)30-4/h5-11,14H,12H2,1-4H3,(H,22,25)(H,23,26). The Bertz CT molecular complexity index is 1100. The van der Waals surface area contributed by atoms with Crippen molar-refractivity contribution in [3.63, 3.8) is 0 Å². The fourth-order valence-electron chi connectivity index (χ4n) is 2.64. The van der Waals surface area contributed by atoms with Crippen LogP contribution in [0.1, 0.15) is 24.2 Å². The first kappa shape index (κ1) is 23.9. The molecule has 9 nitrogen and oxygen atoms in total. The van der Waals surface area contributed by atoms with Gasteiger partial charge in [0, 0.05) is 23.0 Å². The molecule has 1 atom stereocenters. The summed E-state index contributed by atoms with van der Waals surface area (Å²) in [7, 11) is -1.21. The van der Waals surface area contributed by atoms with Crippen molar-refractivity contribution in [2.45, 2.75) is 19.1 Å². The molecule has 0 aliphatic heterocycles. The average Bonchev–Trinajstić information content (AvgIpc) is 2.72. The molecule has 0 radical (unpaired) electrons. The minimum atomic E-state index is -4.10. The summed E-state index contributed by atoms with van der Waals surface area (Å²) in [4.78, 5) is 36.1. The van der Waals surface area contributed by atoms with Crippen molar-refractivity contribution in [1.82, 2.24) is 0 Å². The first-order chi connectivity index (χ1) is 14.6. The van der Waals surface area contributed by atoms with Crippen LogP contribution in [-0.4, -0.2) is 51.2 Å². The maximum absolute atomic E-state index is 12.5. The van der Waals surface area contributed by atoms with Crippen molar-refractivity contribution in [2.75, 3.05) is 30.6 Å². The smallest absolute Gasteiger partial charge is 0.242 e. The molecule has 0 aromatic heterocycles. The molecule has 0 saturated heterocycles. The summed E-state index contributed by atoms with van der Waals surface area (Å²) in [6.45, 7) is 2.58. The Morgan fingerprint density at radius 3 is 2.19 bits per heavy atom. The molecule has 0 heterocycles. The molecule has 0 aliphatic carbocycles. The number of carbonyl (C=O) groups excluding carboxylic acids is 3. The topological polar surface area (TPSA) is 128 Å². The van der Waals surface area contributed by atoms with E-state index in [0.29, 0.717) is 22.7 Å². The molecule has 10 heteroatoms. The SMILES string of the molecule is COc1ccc(NC(=O)CS(=O)(=O)C(C)C(=O)Nc2cccc(C(C)=O)c2)cc1OC. The normalized spacial score (nSPS) is 11.9. The van der Waals surface area contributed by atoms with Crippen molar-refractivity contribution >= 4 is 38.8 Å². The summed E-state index contributed by atoms with van der Waals surface area (Å²) in [5.41, 5.74) is 0.980. The molecule has 0 fully saturated rings. The maximum Gasteiger partial charge on any atom is 0.242 e. The third kappa shape index (κ3) is 6.29. The average molecular weight is 448 g/mol. The van der Waals surface area contributed by atoms with Gasteiger partial charge in [-0.25, -0.2) is 8.42 Å². The van der Waals surface area contributed by atoms with Gasteiger partial charge in [0.1, 0.15) is 11.0 Å². The predicted octanol–water partition coefficient (Wildman–Crippen LogP) is 2.29. The summed E-state index contributed by atoms with van der Waals surface area (Å²) in [5.74, 6) is -1.87. The van der Waals surface area contributed by atoms with Gasteiger partial charge >= 0.3 is 0 Å². The van der Waals surface area contributed by atoms with E-state index in [1.54, 1.807) is 18.2 Å². The van der Waals surface area contributed by atoms with Crippen LogP contribution < -0.4 is 20.1 Å². The first-order valence-corrected chi connectivity index (χ1v) is 10.9. The molecule has 0 aliphatic rings. The van der Waals surface area contributed by atoms with Gasteiger partial charge in [0.05, 0.1) is 14.2 Å². The number of hydrogen-bond acceptors (Lipinski definition) is 7. The highest BCUT2D eigenvalue weighted by Crippen LogP contribution is 2.29. The van der Waals surface area contributed by atoms with E-state index in [-0.39, 0.29) is 11.5 Å². The lowest BCUT2D eigenvalue weighted by molar-refractivity contribution is -0.115. The number of hydrogen-bond donors (Lipinski definition) is 2. The molecular formula is C21H24N2O7S. The van der Waals surface area contributed by atoms with Gasteiger partial charge in [0.25, 0.3) is 0 Å². The lowest BCUT2D eigenvalue weighted by atomic mass is 10.1. The molecule has 2 amide bonds. The third-order valence-corrected chi connectivity index (χ3v) is 6.40. The molecule has 31 heavy (non-hydrogen) atoms. The number of methoxy groups -OCH3 is 2. The zero-order chi connectivity index (χ0) is 23.2. The van der Waals surface area contributed by atoms with E-state index in [9.17, 15) is 22.8 Å². The van der Waals surface area contributed by atoms with Crippen LogP contribution in [0.15, 0.2) is 42.5 Å².